The Labute approximate surface area is 109 Å². The molecule has 0 aromatic rings. The van der Waals surface area contributed by atoms with Crippen molar-refractivity contribution >= 4 is 11.9 Å². The van der Waals surface area contributed by atoms with Gasteiger partial charge in [0.1, 0.15) is 6.04 Å². The summed E-state index contributed by atoms with van der Waals surface area (Å²) in [5.41, 5.74) is 0. The van der Waals surface area contributed by atoms with Gasteiger partial charge in [0.2, 0.25) is 5.91 Å². The molecule has 0 aromatic carbocycles. The van der Waals surface area contributed by atoms with Crippen LogP contribution in [0.4, 0.5) is 0 Å². The van der Waals surface area contributed by atoms with Crippen molar-refractivity contribution in [3.05, 3.63) is 0 Å². The molecule has 0 heterocycles. The highest BCUT2D eigenvalue weighted by atomic mass is 16.4. The first-order valence-electron chi connectivity index (χ1n) is 7.00. The van der Waals surface area contributed by atoms with Gasteiger partial charge in [0, 0.05) is 5.92 Å². The van der Waals surface area contributed by atoms with Crippen LogP contribution in [0.5, 0.6) is 0 Å². The minimum absolute atomic E-state index is 0.00958. The van der Waals surface area contributed by atoms with Crippen LogP contribution in [0.15, 0.2) is 0 Å². The third kappa shape index (κ3) is 3.72. The van der Waals surface area contributed by atoms with E-state index in [0.29, 0.717) is 5.92 Å². The minimum atomic E-state index is -0.929. The van der Waals surface area contributed by atoms with Crippen LogP contribution in [0.1, 0.15) is 52.9 Å². The molecule has 2 N–H and O–H groups in total. The van der Waals surface area contributed by atoms with Crippen LogP contribution in [-0.2, 0) is 9.59 Å². The smallest absolute Gasteiger partial charge is 0.326 e. The maximum Gasteiger partial charge on any atom is 0.326 e. The van der Waals surface area contributed by atoms with E-state index in [1.807, 2.05) is 13.8 Å². The number of carboxylic acids is 1. The summed E-state index contributed by atoms with van der Waals surface area (Å²) >= 11 is 0. The molecule has 0 aliphatic heterocycles. The second-order valence-corrected chi connectivity index (χ2v) is 5.58. The molecule has 0 aromatic heterocycles. The Bertz CT molecular complexity index is 303. The van der Waals surface area contributed by atoms with Crippen LogP contribution >= 0.6 is 0 Å². The molecule has 1 amide bonds. The SMILES string of the molecule is CC[C@H](C)[C@H](NC(=O)[C@H]1CCCC[C@@H]1C)C(=O)O. The number of carbonyl (C=O) groups excluding carboxylic acids is 1. The van der Waals surface area contributed by atoms with Gasteiger partial charge in [0.15, 0.2) is 0 Å². The first kappa shape index (κ1) is 15.0. The van der Waals surface area contributed by atoms with Crippen LogP contribution in [0, 0.1) is 17.8 Å². The Morgan fingerprint density at radius 2 is 1.94 bits per heavy atom. The van der Waals surface area contributed by atoms with E-state index in [-0.39, 0.29) is 17.7 Å². The van der Waals surface area contributed by atoms with E-state index < -0.39 is 12.0 Å². The van der Waals surface area contributed by atoms with Gasteiger partial charge in [-0.3, -0.25) is 4.79 Å². The zero-order chi connectivity index (χ0) is 13.7. The molecule has 0 unspecified atom stereocenters. The van der Waals surface area contributed by atoms with Crippen molar-refractivity contribution in [2.24, 2.45) is 17.8 Å². The molecule has 0 radical (unpaired) electrons. The molecule has 1 rings (SSSR count). The van der Waals surface area contributed by atoms with Crippen LogP contribution in [-0.4, -0.2) is 23.0 Å². The summed E-state index contributed by atoms with van der Waals surface area (Å²) < 4.78 is 0. The summed E-state index contributed by atoms with van der Waals surface area (Å²) in [5.74, 6) is -0.684. The highest BCUT2D eigenvalue weighted by Gasteiger charge is 2.32. The Balaban J connectivity index is 2.63. The molecule has 4 atom stereocenters. The molecule has 4 nitrogen and oxygen atoms in total. The Morgan fingerprint density at radius 1 is 1.33 bits per heavy atom. The maximum atomic E-state index is 12.2. The number of carbonyl (C=O) groups is 2. The average molecular weight is 255 g/mol. The zero-order valence-corrected chi connectivity index (χ0v) is 11.6. The molecular formula is C14H25NO3. The maximum absolute atomic E-state index is 12.2. The zero-order valence-electron chi connectivity index (χ0n) is 11.6. The molecule has 1 fully saturated rings. The summed E-state index contributed by atoms with van der Waals surface area (Å²) in [5, 5.41) is 11.9. The summed E-state index contributed by atoms with van der Waals surface area (Å²) in [6.45, 7) is 5.89. The fourth-order valence-electron chi connectivity index (χ4n) is 2.65. The molecule has 0 bridgehead atoms. The van der Waals surface area contributed by atoms with Gasteiger partial charge < -0.3 is 10.4 Å². The van der Waals surface area contributed by atoms with Crippen molar-refractivity contribution in [1.29, 1.82) is 0 Å². The fraction of sp³-hybridized carbons (Fsp3) is 0.857. The van der Waals surface area contributed by atoms with Crippen LogP contribution in [0.25, 0.3) is 0 Å². The standard InChI is InChI=1S/C14H25NO3/c1-4-9(2)12(14(17)18)15-13(16)11-8-6-5-7-10(11)3/h9-12H,4-8H2,1-3H3,(H,15,16)(H,17,18)/t9-,10-,11-,12-/m0/s1. The van der Waals surface area contributed by atoms with E-state index >= 15 is 0 Å². The lowest BCUT2D eigenvalue weighted by atomic mass is 9.79. The minimum Gasteiger partial charge on any atom is -0.480 e. The third-order valence-corrected chi connectivity index (χ3v) is 4.23. The Kier molecular flexibility index (Phi) is 5.63. The molecule has 4 heteroatoms. The number of rotatable bonds is 5. The number of hydrogen-bond acceptors (Lipinski definition) is 2. The highest BCUT2D eigenvalue weighted by molar-refractivity contribution is 5.85. The molecule has 18 heavy (non-hydrogen) atoms. The van der Waals surface area contributed by atoms with Crippen molar-refractivity contribution in [3.63, 3.8) is 0 Å². The molecule has 1 aliphatic carbocycles. The van der Waals surface area contributed by atoms with Crippen LogP contribution < -0.4 is 5.32 Å². The van der Waals surface area contributed by atoms with E-state index in [4.69, 9.17) is 0 Å². The summed E-state index contributed by atoms with van der Waals surface area (Å²) in [6, 6.07) is -0.753. The first-order valence-corrected chi connectivity index (χ1v) is 7.00. The third-order valence-electron chi connectivity index (χ3n) is 4.23. The van der Waals surface area contributed by atoms with E-state index in [1.54, 1.807) is 0 Å². The second-order valence-electron chi connectivity index (χ2n) is 5.58. The summed E-state index contributed by atoms with van der Waals surface area (Å²) in [4.78, 5) is 23.4. The molecule has 1 saturated carbocycles. The molecule has 0 spiro atoms. The topological polar surface area (TPSA) is 66.4 Å². The van der Waals surface area contributed by atoms with Crippen molar-refractivity contribution in [2.45, 2.75) is 58.9 Å². The van der Waals surface area contributed by atoms with Gasteiger partial charge in [-0.15, -0.1) is 0 Å². The van der Waals surface area contributed by atoms with E-state index in [9.17, 15) is 14.7 Å². The van der Waals surface area contributed by atoms with Gasteiger partial charge >= 0.3 is 5.97 Å². The molecule has 104 valence electrons. The molecule has 0 saturated heterocycles. The number of hydrogen-bond donors (Lipinski definition) is 2. The van der Waals surface area contributed by atoms with Crippen LogP contribution in [0.3, 0.4) is 0 Å². The quantitative estimate of drug-likeness (QED) is 0.793. The van der Waals surface area contributed by atoms with Crippen LogP contribution in [0.2, 0.25) is 0 Å². The lowest BCUT2D eigenvalue weighted by Gasteiger charge is -2.30. The largest absolute Gasteiger partial charge is 0.480 e. The monoisotopic (exact) mass is 255 g/mol. The Hall–Kier alpha value is -1.06. The number of amides is 1. The lowest BCUT2D eigenvalue weighted by molar-refractivity contribution is -0.144. The lowest BCUT2D eigenvalue weighted by Crippen LogP contribution is -2.48. The van der Waals surface area contributed by atoms with Crippen molar-refractivity contribution in [1.82, 2.24) is 5.32 Å². The number of aliphatic carboxylic acids is 1. The summed E-state index contributed by atoms with van der Waals surface area (Å²) in [7, 11) is 0. The van der Waals surface area contributed by atoms with Crippen molar-refractivity contribution < 1.29 is 14.7 Å². The van der Waals surface area contributed by atoms with Gasteiger partial charge in [0.05, 0.1) is 0 Å². The number of nitrogens with one attached hydrogen (secondary N) is 1. The molecule has 1 aliphatic rings. The predicted octanol–water partition coefficient (Wildman–Crippen LogP) is 2.43. The fourth-order valence-corrected chi connectivity index (χ4v) is 2.65. The summed E-state index contributed by atoms with van der Waals surface area (Å²) in [6.07, 6.45) is 4.96. The normalized spacial score (nSPS) is 27.3. The Morgan fingerprint density at radius 3 is 2.44 bits per heavy atom. The van der Waals surface area contributed by atoms with Gasteiger partial charge in [-0.05, 0) is 24.7 Å². The van der Waals surface area contributed by atoms with Gasteiger partial charge in [0.25, 0.3) is 0 Å². The van der Waals surface area contributed by atoms with Crippen molar-refractivity contribution in [2.75, 3.05) is 0 Å². The predicted molar refractivity (Wildman–Crippen MR) is 70.1 cm³/mol. The van der Waals surface area contributed by atoms with E-state index in [1.165, 1.54) is 6.42 Å². The van der Waals surface area contributed by atoms with E-state index in [0.717, 1.165) is 25.7 Å². The second kappa shape index (κ2) is 6.76. The van der Waals surface area contributed by atoms with Gasteiger partial charge in [-0.25, -0.2) is 4.79 Å². The number of carboxylic acid groups (broad SMARTS) is 1. The van der Waals surface area contributed by atoms with E-state index in [2.05, 4.69) is 12.2 Å². The van der Waals surface area contributed by atoms with Crippen molar-refractivity contribution in [3.8, 4) is 0 Å². The molecular weight excluding hydrogens is 230 g/mol. The van der Waals surface area contributed by atoms with Gasteiger partial charge in [-0.1, -0.05) is 40.0 Å². The highest BCUT2D eigenvalue weighted by Crippen LogP contribution is 2.29. The van der Waals surface area contributed by atoms with Gasteiger partial charge in [-0.2, -0.15) is 0 Å². The first-order chi connectivity index (χ1) is 8.47. The average Bonchev–Trinajstić information content (AvgIpc) is 2.35.